The Hall–Kier alpha value is -4.86. The van der Waals surface area contributed by atoms with Crippen LogP contribution in [-0.4, -0.2) is 61.2 Å². The number of halogens is 7. The fourth-order valence-electron chi connectivity index (χ4n) is 3.69. The second kappa shape index (κ2) is 14.3. The Labute approximate surface area is 256 Å². The van der Waals surface area contributed by atoms with Crippen molar-refractivity contribution in [3.63, 3.8) is 0 Å². The summed E-state index contributed by atoms with van der Waals surface area (Å²) in [5.74, 6) is -6.26. The minimum absolute atomic E-state index is 0.0000663. The van der Waals surface area contributed by atoms with E-state index in [0.29, 0.717) is 5.56 Å². The Kier molecular flexibility index (Phi) is 11.0. The monoisotopic (exact) mass is 659 g/mol. The first-order valence-electron chi connectivity index (χ1n) is 12.8. The maximum Gasteiger partial charge on any atom is 0.471 e. The Morgan fingerprint density at radius 2 is 1.60 bits per heavy atom. The van der Waals surface area contributed by atoms with E-state index in [1.165, 1.54) is 24.4 Å². The van der Waals surface area contributed by atoms with Crippen LogP contribution in [0.4, 0.5) is 43.5 Å². The summed E-state index contributed by atoms with van der Waals surface area (Å²) in [5.41, 5.74) is 0.0839. The number of amides is 4. The summed E-state index contributed by atoms with van der Waals surface area (Å²) in [5, 5.41) is 6.84. The minimum atomic E-state index is -5.22. The zero-order valence-electron chi connectivity index (χ0n) is 23.4. The smallest absolute Gasteiger partial charge is 0.471 e. The van der Waals surface area contributed by atoms with Gasteiger partial charge in [-0.15, -0.1) is 0 Å². The van der Waals surface area contributed by atoms with Gasteiger partial charge in [-0.3, -0.25) is 19.2 Å². The Morgan fingerprint density at radius 3 is 2.24 bits per heavy atom. The quantitative estimate of drug-likeness (QED) is 0.194. The van der Waals surface area contributed by atoms with E-state index in [1.54, 1.807) is 24.4 Å². The number of aryl methyl sites for hydroxylation is 1. The number of benzene rings is 2. The fourth-order valence-corrected chi connectivity index (χ4v) is 3.86. The van der Waals surface area contributed by atoms with Crippen molar-refractivity contribution in [2.45, 2.75) is 25.7 Å². The van der Waals surface area contributed by atoms with Gasteiger partial charge in [0.1, 0.15) is 5.75 Å². The first-order chi connectivity index (χ1) is 21.0. The van der Waals surface area contributed by atoms with Gasteiger partial charge in [-0.05, 0) is 49.7 Å². The zero-order chi connectivity index (χ0) is 33.5. The number of hydrogen-bond acceptors (Lipinski definition) is 6. The lowest BCUT2D eigenvalue weighted by molar-refractivity contribution is -0.173. The maximum absolute atomic E-state index is 13.4. The summed E-state index contributed by atoms with van der Waals surface area (Å²) in [4.78, 5) is 53.5. The van der Waals surface area contributed by atoms with E-state index >= 15 is 0 Å². The molecule has 2 aromatic carbocycles. The number of ether oxygens (including phenoxy) is 1. The molecule has 17 heteroatoms. The van der Waals surface area contributed by atoms with Gasteiger partial charge in [-0.25, -0.2) is 4.98 Å². The van der Waals surface area contributed by atoms with E-state index in [9.17, 15) is 45.5 Å². The molecule has 3 rings (SSSR count). The van der Waals surface area contributed by atoms with Crippen molar-refractivity contribution in [2.75, 3.05) is 35.7 Å². The molecule has 1 heterocycles. The highest BCUT2D eigenvalue weighted by molar-refractivity contribution is 6.33. The van der Waals surface area contributed by atoms with Crippen molar-refractivity contribution in [1.29, 1.82) is 0 Å². The average molecular weight is 660 g/mol. The molecule has 3 aromatic rings. The number of hydrogen-bond donors (Lipinski definition) is 3. The lowest BCUT2D eigenvalue weighted by atomic mass is 10.1. The molecule has 1 aromatic heterocycles. The van der Waals surface area contributed by atoms with Crippen LogP contribution in [-0.2, 0) is 9.59 Å². The van der Waals surface area contributed by atoms with Gasteiger partial charge in [0.15, 0.2) is 5.82 Å². The molecular weight excluding hydrogens is 636 g/mol. The molecule has 10 nitrogen and oxygen atoms in total. The second-order valence-electron chi connectivity index (χ2n) is 9.29. The number of carbonyl (C=O) groups is 4. The van der Waals surface area contributed by atoms with Gasteiger partial charge in [0, 0.05) is 31.5 Å². The number of rotatable bonds is 10. The van der Waals surface area contributed by atoms with E-state index in [-0.39, 0.29) is 57.0 Å². The first kappa shape index (κ1) is 34.6. The average Bonchev–Trinajstić information content (AvgIpc) is 2.97. The van der Waals surface area contributed by atoms with Crippen LogP contribution in [0.3, 0.4) is 0 Å². The standard InChI is InChI=1S/C28H24ClF6N5O5/c1-15-6-9-20(18(13-15)24(42)39-22-19(29)5-3-10-36-22)38-23(41)17-8-7-16(40(2)26(44)28(33,34)35)14-21(17)45-12-4-11-37-25(43)27(30,31)32/h3,5-10,13-14H,4,11-12H2,1-2H3,(H,37,43)(H,38,41)(H,36,39,42). The van der Waals surface area contributed by atoms with Gasteiger partial charge in [0.05, 0.1) is 28.4 Å². The molecule has 0 spiro atoms. The molecule has 0 radical (unpaired) electrons. The van der Waals surface area contributed by atoms with Crippen LogP contribution >= 0.6 is 11.6 Å². The normalized spacial score (nSPS) is 11.4. The van der Waals surface area contributed by atoms with Gasteiger partial charge in [-0.2, -0.15) is 26.3 Å². The summed E-state index contributed by atoms with van der Waals surface area (Å²) < 4.78 is 81.8. The molecule has 0 fully saturated rings. The summed E-state index contributed by atoms with van der Waals surface area (Å²) in [7, 11) is 0.840. The topological polar surface area (TPSA) is 130 Å². The number of alkyl halides is 6. The molecule has 45 heavy (non-hydrogen) atoms. The van der Waals surface area contributed by atoms with Crippen molar-refractivity contribution in [3.05, 3.63) is 76.4 Å². The third-order valence-electron chi connectivity index (χ3n) is 5.92. The second-order valence-corrected chi connectivity index (χ2v) is 9.70. The molecule has 240 valence electrons. The molecule has 0 saturated heterocycles. The van der Waals surface area contributed by atoms with Crippen molar-refractivity contribution < 1.29 is 50.3 Å². The minimum Gasteiger partial charge on any atom is -0.493 e. The lowest BCUT2D eigenvalue weighted by Crippen LogP contribution is -2.38. The highest BCUT2D eigenvalue weighted by Gasteiger charge is 2.42. The van der Waals surface area contributed by atoms with E-state index in [1.807, 2.05) is 0 Å². The molecule has 0 bridgehead atoms. The number of nitrogens with one attached hydrogen (secondary N) is 3. The van der Waals surface area contributed by atoms with E-state index < -0.39 is 42.5 Å². The van der Waals surface area contributed by atoms with Crippen LogP contribution in [0, 0.1) is 6.92 Å². The highest BCUT2D eigenvalue weighted by atomic mass is 35.5. The number of nitrogens with zero attached hydrogens (tertiary/aromatic N) is 2. The third kappa shape index (κ3) is 9.31. The number of anilines is 3. The van der Waals surface area contributed by atoms with Gasteiger partial charge in [0.2, 0.25) is 0 Å². The van der Waals surface area contributed by atoms with Crippen molar-refractivity contribution in [1.82, 2.24) is 10.3 Å². The van der Waals surface area contributed by atoms with E-state index in [0.717, 1.165) is 25.2 Å². The number of carbonyl (C=O) groups excluding carboxylic acids is 4. The first-order valence-corrected chi connectivity index (χ1v) is 13.2. The molecule has 0 unspecified atom stereocenters. The summed E-state index contributed by atoms with van der Waals surface area (Å²) in [6, 6.07) is 10.6. The van der Waals surface area contributed by atoms with Crippen LogP contribution in [0.5, 0.6) is 5.75 Å². The third-order valence-corrected chi connectivity index (χ3v) is 6.23. The van der Waals surface area contributed by atoms with Crippen molar-refractivity contribution in [2.24, 2.45) is 0 Å². The van der Waals surface area contributed by atoms with Crippen LogP contribution in [0.25, 0.3) is 0 Å². The van der Waals surface area contributed by atoms with Crippen LogP contribution in [0.15, 0.2) is 54.7 Å². The lowest BCUT2D eigenvalue weighted by Gasteiger charge is -2.21. The molecule has 4 amide bonds. The fraction of sp³-hybridized carbons (Fsp3) is 0.250. The predicted octanol–water partition coefficient (Wildman–Crippen LogP) is 5.52. The van der Waals surface area contributed by atoms with Crippen molar-refractivity contribution in [3.8, 4) is 5.75 Å². The van der Waals surface area contributed by atoms with Crippen molar-refractivity contribution >= 4 is 52.4 Å². The molecule has 0 aliphatic carbocycles. The van der Waals surface area contributed by atoms with E-state index in [4.69, 9.17) is 16.3 Å². The number of pyridine rings is 1. The molecule has 3 N–H and O–H groups in total. The Morgan fingerprint density at radius 1 is 0.911 bits per heavy atom. The largest absolute Gasteiger partial charge is 0.493 e. The van der Waals surface area contributed by atoms with Gasteiger partial charge in [-0.1, -0.05) is 23.2 Å². The Bertz CT molecular complexity index is 1600. The summed E-state index contributed by atoms with van der Waals surface area (Å²) in [6.45, 7) is 0.826. The zero-order valence-corrected chi connectivity index (χ0v) is 24.2. The highest BCUT2D eigenvalue weighted by Crippen LogP contribution is 2.30. The maximum atomic E-state index is 13.4. The van der Waals surface area contributed by atoms with Crippen LogP contribution in [0.1, 0.15) is 32.7 Å². The van der Waals surface area contributed by atoms with Crippen LogP contribution in [0.2, 0.25) is 5.02 Å². The van der Waals surface area contributed by atoms with Crippen LogP contribution < -0.4 is 25.6 Å². The molecule has 0 aliphatic heterocycles. The summed E-state index contributed by atoms with van der Waals surface area (Å²) in [6.07, 6.45) is -9.12. The van der Waals surface area contributed by atoms with Gasteiger partial charge < -0.3 is 25.6 Å². The van der Waals surface area contributed by atoms with Gasteiger partial charge in [0.25, 0.3) is 11.8 Å². The van der Waals surface area contributed by atoms with Gasteiger partial charge >= 0.3 is 24.2 Å². The molecule has 0 saturated carbocycles. The SMILES string of the molecule is Cc1ccc(NC(=O)c2ccc(N(C)C(=O)C(F)(F)F)cc2OCCCNC(=O)C(F)(F)F)c(C(=O)Nc2ncccc2Cl)c1. The molecular formula is C28H24ClF6N5O5. The Balaban J connectivity index is 1.88. The molecule has 0 aliphatic rings. The summed E-state index contributed by atoms with van der Waals surface area (Å²) >= 11 is 6.07. The van der Waals surface area contributed by atoms with E-state index in [2.05, 4.69) is 15.6 Å². The number of aromatic nitrogens is 1. The molecule has 0 atom stereocenters. The predicted molar refractivity (Wildman–Crippen MR) is 151 cm³/mol.